The van der Waals surface area contributed by atoms with Crippen LogP contribution in [0.3, 0.4) is 0 Å². The van der Waals surface area contributed by atoms with Gasteiger partial charge in [0.05, 0.1) is 5.52 Å². The summed E-state index contributed by atoms with van der Waals surface area (Å²) < 4.78 is 1.51. The van der Waals surface area contributed by atoms with Gasteiger partial charge in [-0.15, -0.1) is 10.2 Å². The third-order valence-electron chi connectivity index (χ3n) is 2.92. The molecule has 2 aromatic heterocycles. The molecule has 3 rings (SSSR count). The molecule has 21 heavy (non-hydrogen) atoms. The zero-order valence-corrected chi connectivity index (χ0v) is 12.1. The third-order valence-corrected chi connectivity index (χ3v) is 3.68. The zero-order valence-electron chi connectivity index (χ0n) is 11.3. The van der Waals surface area contributed by atoms with E-state index in [9.17, 15) is 9.59 Å². The second-order valence-corrected chi connectivity index (χ2v) is 5.58. The Hall–Kier alpha value is -2.61. The van der Waals surface area contributed by atoms with E-state index < -0.39 is 11.3 Å². The average Bonchev–Trinajstić information content (AvgIpc) is 2.88. The highest BCUT2D eigenvalue weighted by Crippen LogP contribution is 2.14. The van der Waals surface area contributed by atoms with E-state index in [1.807, 2.05) is 6.07 Å². The number of anilines is 1. The van der Waals surface area contributed by atoms with Crippen molar-refractivity contribution in [2.45, 2.75) is 6.92 Å². The molecule has 0 unspecified atom stereocenters. The SMILES string of the molecule is Cc1nnc(NC(=O)c2nn(C)c3ccccc3c2=O)s1. The number of fused-ring (bicyclic) bond motifs is 1. The number of benzene rings is 1. The molecular formula is C13H11N5O2S. The summed E-state index contributed by atoms with van der Waals surface area (Å²) in [5.41, 5.74) is 0.109. The highest BCUT2D eigenvalue weighted by Gasteiger charge is 2.17. The Morgan fingerprint density at radius 2 is 2.05 bits per heavy atom. The summed E-state index contributed by atoms with van der Waals surface area (Å²) in [6.07, 6.45) is 0. The Bertz CT molecular complexity index is 899. The molecule has 0 spiro atoms. The predicted octanol–water partition coefficient (Wildman–Crippen LogP) is 1.35. The van der Waals surface area contributed by atoms with Crippen LogP contribution < -0.4 is 10.7 Å². The number of amides is 1. The van der Waals surface area contributed by atoms with Crippen molar-refractivity contribution in [1.82, 2.24) is 20.0 Å². The van der Waals surface area contributed by atoms with Crippen LogP contribution in [0.25, 0.3) is 10.9 Å². The summed E-state index contributed by atoms with van der Waals surface area (Å²) in [4.78, 5) is 24.5. The second kappa shape index (κ2) is 5.06. The van der Waals surface area contributed by atoms with Crippen LogP contribution in [-0.2, 0) is 7.05 Å². The molecule has 0 saturated carbocycles. The van der Waals surface area contributed by atoms with Gasteiger partial charge in [-0.2, -0.15) is 5.10 Å². The fourth-order valence-corrected chi connectivity index (χ4v) is 2.56. The van der Waals surface area contributed by atoms with Gasteiger partial charge in [-0.3, -0.25) is 19.6 Å². The number of aromatic nitrogens is 4. The molecule has 0 aliphatic heterocycles. The van der Waals surface area contributed by atoms with E-state index in [2.05, 4.69) is 20.6 Å². The molecule has 2 heterocycles. The number of nitrogens with one attached hydrogen (secondary N) is 1. The Morgan fingerprint density at radius 3 is 2.76 bits per heavy atom. The van der Waals surface area contributed by atoms with Gasteiger partial charge < -0.3 is 0 Å². The van der Waals surface area contributed by atoms with Crippen molar-refractivity contribution in [2.24, 2.45) is 7.05 Å². The number of hydrogen-bond acceptors (Lipinski definition) is 6. The second-order valence-electron chi connectivity index (χ2n) is 4.40. The van der Waals surface area contributed by atoms with Gasteiger partial charge in [-0.05, 0) is 19.1 Å². The Kier molecular flexibility index (Phi) is 3.22. The lowest BCUT2D eigenvalue weighted by molar-refractivity contribution is 0.101. The van der Waals surface area contributed by atoms with Crippen molar-refractivity contribution in [3.63, 3.8) is 0 Å². The van der Waals surface area contributed by atoms with E-state index in [0.717, 1.165) is 5.01 Å². The fraction of sp³-hybridized carbons (Fsp3) is 0.154. The fourth-order valence-electron chi connectivity index (χ4n) is 1.98. The molecule has 0 atom stereocenters. The van der Waals surface area contributed by atoms with Crippen LogP contribution in [0.4, 0.5) is 5.13 Å². The van der Waals surface area contributed by atoms with E-state index in [1.165, 1.54) is 16.0 Å². The first-order valence-electron chi connectivity index (χ1n) is 6.14. The number of aryl methyl sites for hydroxylation is 2. The maximum Gasteiger partial charge on any atom is 0.282 e. The number of rotatable bonds is 2. The van der Waals surface area contributed by atoms with Crippen molar-refractivity contribution in [3.8, 4) is 0 Å². The molecule has 0 aliphatic rings. The first-order chi connectivity index (χ1) is 10.1. The number of carbonyl (C=O) groups excluding carboxylic acids is 1. The molecule has 106 valence electrons. The largest absolute Gasteiger partial charge is 0.295 e. The summed E-state index contributed by atoms with van der Waals surface area (Å²) in [6.45, 7) is 1.78. The third kappa shape index (κ3) is 2.40. The summed E-state index contributed by atoms with van der Waals surface area (Å²) in [5.74, 6) is -0.586. The van der Waals surface area contributed by atoms with Gasteiger partial charge in [0.25, 0.3) is 5.91 Å². The maximum absolute atomic E-state index is 12.3. The molecular weight excluding hydrogens is 290 g/mol. The Balaban J connectivity index is 2.06. The van der Waals surface area contributed by atoms with Gasteiger partial charge in [0.2, 0.25) is 10.6 Å². The lowest BCUT2D eigenvalue weighted by Crippen LogP contribution is -2.26. The molecule has 0 radical (unpaired) electrons. The van der Waals surface area contributed by atoms with Gasteiger partial charge in [-0.1, -0.05) is 23.5 Å². The molecule has 1 N–H and O–H groups in total. The van der Waals surface area contributed by atoms with Crippen molar-refractivity contribution >= 4 is 33.3 Å². The molecule has 1 aromatic carbocycles. The van der Waals surface area contributed by atoms with Crippen LogP contribution in [0.2, 0.25) is 0 Å². The minimum absolute atomic E-state index is 0.163. The molecule has 0 saturated heterocycles. The average molecular weight is 301 g/mol. The van der Waals surface area contributed by atoms with Crippen molar-refractivity contribution in [1.29, 1.82) is 0 Å². The maximum atomic E-state index is 12.3. The predicted molar refractivity (Wildman–Crippen MR) is 79.6 cm³/mol. The number of carbonyl (C=O) groups is 1. The van der Waals surface area contributed by atoms with Crippen LogP contribution in [0.1, 0.15) is 15.5 Å². The van der Waals surface area contributed by atoms with Gasteiger partial charge in [0, 0.05) is 12.4 Å². The molecule has 7 nitrogen and oxygen atoms in total. The standard InChI is InChI=1S/C13H11N5O2S/c1-7-15-16-13(21-7)14-12(20)10-11(19)8-5-3-4-6-9(8)18(2)17-10/h3-6H,1-2H3,(H,14,16,20). The molecule has 0 aliphatic carbocycles. The van der Waals surface area contributed by atoms with E-state index in [-0.39, 0.29) is 5.69 Å². The molecule has 3 aromatic rings. The monoisotopic (exact) mass is 301 g/mol. The van der Waals surface area contributed by atoms with E-state index in [4.69, 9.17) is 0 Å². The molecule has 8 heteroatoms. The smallest absolute Gasteiger partial charge is 0.282 e. The lowest BCUT2D eigenvalue weighted by atomic mass is 10.2. The highest BCUT2D eigenvalue weighted by atomic mass is 32.1. The summed E-state index contributed by atoms with van der Waals surface area (Å²) >= 11 is 1.23. The highest BCUT2D eigenvalue weighted by molar-refractivity contribution is 7.15. The van der Waals surface area contributed by atoms with Crippen LogP contribution in [0.5, 0.6) is 0 Å². The first kappa shape index (κ1) is 13.4. The topological polar surface area (TPSA) is 89.8 Å². The molecule has 0 fully saturated rings. The Labute approximate surface area is 123 Å². The molecule has 1 amide bonds. The van der Waals surface area contributed by atoms with Crippen LogP contribution in [0.15, 0.2) is 29.1 Å². The van der Waals surface area contributed by atoms with Gasteiger partial charge >= 0.3 is 0 Å². The van der Waals surface area contributed by atoms with Crippen LogP contribution in [0, 0.1) is 6.92 Å². The lowest BCUT2D eigenvalue weighted by Gasteiger charge is -2.06. The van der Waals surface area contributed by atoms with E-state index in [1.54, 1.807) is 32.2 Å². The first-order valence-corrected chi connectivity index (χ1v) is 6.95. The van der Waals surface area contributed by atoms with Gasteiger partial charge in [0.1, 0.15) is 5.01 Å². The Morgan fingerprint density at radius 1 is 1.29 bits per heavy atom. The minimum atomic E-state index is -0.586. The molecule has 0 bridgehead atoms. The number of para-hydroxylation sites is 1. The van der Waals surface area contributed by atoms with Crippen molar-refractivity contribution < 1.29 is 4.79 Å². The van der Waals surface area contributed by atoms with Crippen molar-refractivity contribution in [3.05, 3.63) is 45.2 Å². The number of hydrogen-bond donors (Lipinski definition) is 1. The van der Waals surface area contributed by atoms with Gasteiger partial charge in [0.15, 0.2) is 5.69 Å². The van der Waals surface area contributed by atoms with Crippen molar-refractivity contribution in [2.75, 3.05) is 5.32 Å². The quantitative estimate of drug-likeness (QED) is 0.771. The van der Waals surface area contributed by atoms with Crippen LogP contribution >= 0.6 is 11.3 Å². The van der Waals surface area contributed by atoms with E-state index in [0.29, 0.717) is 16.0 Å². The van der Waals surface area contributed by atoms with Gasteiger partial charge in [-0.25, -0.2) is 0 Å². The number of nitrogens with zero attached hydrogens (tertiary/aromatic N) is 4. The van der Waals surface area contributed by atoms with Crippen LogP contribution in [-0.4, -0.2) is 25.9 Å². The normalized spacial score (nSPS) is 10.8. The van der Waals surface area contributed by atoms with E-state index >= 15 is 0 Å². The minimum Gasteiger partial charge on any atom is -0.295 e. The summed E-state index contributed by atoms with van der Waals surface area (Å²) in [6, 6.07) is 7.01. The summed E-state index contributed by atoms with van der Waals surface area (Å²) in [7, 11) is 1.69. The summed E-state index contributed by atoms with van der Waals surface area (Å²) in [5, 5.41) is 15.7. The zero-order chi connectivity index (χ0) is 15.0.